The average molecular weight is 380 g/mol. The Balaban J connectivity index is 0.000000277. The Morgan fingerprint density at radius 3 is 2.39 bits per heavy atom. The molecule has 0 saturated carbocycles. The quantitative estimate of drug-likeness (QED) is 0.580. The number of amides is 1. The van der Waals surface area contributed by atoms with E-state index in [0.29, 0.717) is 0 Å². The second kappa shape index (κ2) is 8.33. The van der Waals surface area contributed by atoms with Gasteiger partial charge < -0.3 is 0 Å². The van der Waals surface area contributed by atoms with Crippen LogP contribution in [0.3, 0.4) is 0 Å². The summed E-state index contributed by atoms with van der Waals surface area (Å²) in [6, 6.07) is 9.23. The van der Waals surface area contributed by atoms with Crippen LogP contribution in [0.25, 0.3) is 6.08 Å². The molecule has 0 aliphatic rings. The third kappa shape index (κ3) is 6.52. The summed E-state index contributed by atoms with van der Waals surface area (Å²) in [6.07, 6.45) is 3.47. The van der Waals surface area contributed by atoms with Gasteiger partial charge in [-0.15, -0.1) is 0 Å². The van der Waals surface area contributed by atoms with Crippen LogP contribution in [0, 0.1) is 0 Å². The number of rotatable bonds is 3. The number of carbonyl (C=O) groups excluding carboxylic acids is 1. The first kappa shape index (κ1) is 18.7. The number of phenolic OH excluding ortho intramolecular Hbond substituents is 1. The fraction of sp³-hybridized carbons (Fsp3) is 0.0667. The molecule has 7 nitrogen and oxygen atoms in total. The van der Waals surface area contributed by atoms with Crippen molar-refractivity contribution in [1.29, 1.82) is 0 Å². The first-order chi connectivity index (χ1) is 10.7. The summed E-state index contributed by atoms with van der Waals surface area (Å²) in [5.74, 6) is -0.850. The molecule has 0 bridgehead atoms. The van der Waals surface area contributed by atoms with Gasteiger partial charge >= 0.3 is 88.1 Å². The predicted molar refractivity (Wildman–Crippen MR) is 87.3 cm³/mol. The molecule has 8 heteroatoms. The van der Waals surface area contributed by atoms with Crippen LogP contribution in [0.1, 0.15) is 12.6 Å². The fourth-order valence-corrected chi connectivity index (χ4v) is 2.87. The number of benzene rings is 1. The molecule has 0 fully saturated rings. The molecule has 2 aromatic rings. The van der Waals surface area contributed by atoms with E-state index in [1.165, 1.54) is 13.0 Å². The van der Waals surface area contributed by atoms with Crippen LogP contribution < -0.4 is 9.67 Å². The van der Waals surface area contributed by atoms with Gasteiger partial charge in [-0.25, -0.2) is 0 Å². The van der Waals surface area contributed by atoms with Crippen LogP contribution in [0.15, 0.2) is 49.2 Å². The van der Waals surface area contributed by atoms with Gasteiger partial charge in [0, 0.05) is 6.20 Å². The van der Waals surface area contributed by atoms with Crippen molar-refractivity contribution in [2.75, 3.05) is 5.32 Å². The Kier molecular flexibility index (Phi) is 6.78. The number of nitrogens with zero attached hydrogens (tertiary/aromatic N) is 1. The Labute approximate surface area is 136 Å². The molecule has 2 rings (SSSR count). The van der Waals surface area contributed by atoms with Crippen molar-refractivity contribution in [2.45, 2.75) is 6.92 Å². The Hall–Kier alpha value is -2.34. The zero-order valence-corrected chi connectivity index (χ0v) is 14.3. The standard InChI is InChI=1S/C8H10AsNO5.C7H7N/c1-5(11)10-6-2-3-7(8(12)4-6)9(13,14)15;1-2-7-5-3-4-6-8-7/h2-4,12H,1H3,(H,10,11)(H2,13,14,15);2-6H,1H2. The van der Waals surface area contributed by atoms with Crippen molar-refractivity contribution in [1.82, 2.24) is 4.98 Å². The third-order valence-corrected chi connectivity index (χ3v) is 4.62. The minimum atomic E-state index is -5.09. The van der Waals surface area contributed by atoms with Crippen LogP contribution in [0.5, 0.6) is 5.75 Å². The summed E-state index contributed by atoms with van der Waals surface area (Å²) in [5.41, 5.74) is 1.21. The van der Waals surface area contributed by atoms with Crippen molar-refractivity contribution in [2.24, 2.45) is 0 Å². The summed E-state index contributed by atoms with van der Waals surface area (Å²) in [7, 11) is 0. The monoisotopic (exact) mass is 380 g/mol. The summed E-state index contributed by atoms with van der Waals surface area (Å²) < 4.78 is 28.2. The van der Waals surface area contributed by atoms with Crippen molar-refractivity contribution in [3.05, 3.63) is 54.9 Å². The fourth-order valence-electron chi connectivity index (χ4n) is 1.55. The number of aromatic hydroxyl groups is 1. The van der Waals surface area contributed by atoms with Gasteiger partial charge in [-0.3, -0.25) is 4.98 Å². The molecule has 0 aliphatic carbocycles. The number of phenols is 1. The van der Waals surface area contributed by atoms with Crippen molar-refractivity contribution >= 4 is 36.2 Å². The van der Waals surface area contributed by atoms with Gasteiger partial charge in [0.15, 0.2) is 0 Å². The molecular formula is C15H17AsN2O5. The summed E-state index contributed by atoms with van der Waals surface area (Å²) in [4.78, 5) is 14.6. The Morgan fingerprint density at radius 2 is 2.00 bits per heavy atom. The van der Waals surface area contributed by atoms with Gasteiger partial charge in [0.05, 0.1) is 5.69 Å². The number of hydrogen-bond donors (Lipinski definition) is 4. The third-order valence-electron chi connectivity index (χ3n) is 2.51. The molecular weight excluding hydrogens is 363 g/mol. The summed E-state index contributed by atoms with van der Waals surface area (Å²) in [5, 5.41) is 11.7. The normalized spacial score (nSPS) is 10.2. The van der Waals surface area contributed by atoms with Crippen molar-refractivity contribution < 1.29 is 21.8 Å². The van der Waals surface area contributed by atoms with Gasteiger partial charge in [0.1, 0.15) is 0 Å². The van der Waals surface area contributed by atoms with E-state index in [-0.39, 0.29) is 11.6 Å². The molecule has 4 N–H and O–H groups in total. The first-order valence-electron chi connectivity index (χ1n) is 6.44. The minimum absolute atomic E-state index is 0.285. The second-order valence-corrected chi connectivity index (χ2v) is 7.68. The van der Waals surface area contributed by atoms with Gasteiger partial charge in [-0.1, -0.05) is 12.6 Å². The second-order valence-electron chi connectivity index (χ2n) is 4.39. The first-order valence-corrected chi connectivity index (χ1v) is 9.82. The van der Waals surface area contributed by atoms with E-state index in [4.69, 9.17) is 8.19 Å². The average Bonchev–Trinajstić information content (AvgIpc) is 2.47. The van der Waals surface area contributed by atoms with Crippen LogP contribution in [-0.2, 0) is 8.53 Å². The number of nitrogens with one attached hydrogen (secondary N) is 1. The number of hydrogen-bond acceptors (Lipinski definition) is 4. The van der Waals surface area contributed by atoms with Gasteiger partial charge in [-0.05, 0) is 18.2 Å². The molecule has 23 heavy (non-hydrogen) atoms. The molecule has 1 amide bonds. The van der Waals surface area contributed by atoms with Gasteiger partial charge in [0.25, 0.3) is 0 Å². The van der Waals surface area contributed by atoms with Gasteiger partial charge in [0.2, 0.25) is 0 Å². The molecule has 0 saturated heterocycles. The van der Waals surface area contributed by atoms with E-state index in [1.54, 1.807) is 12.3 Å². The van der Waals surface area contributed by atoms with E-state index in [0.717, 1.165) is 17.8 Å². The van der Waals surface area contributed by atoms with Crippen LogP contribution >= 0.6 is 0 Å². The molecule has 1 aromatic carbocycles. The van der Waals surface area contributed by atoms with Crippen molar-refractivity contribution in [3.63, 3.8) is 0 Å². The number of carbonyl (C=O) groups is 1. The number of pyridine rings is 1. The zero-order chi connectivity index (χ0) is 17.5. The van der Waals surface area contributed by atoms with E-state index in [1.807, 2.05) is 18.2 Å². The predicted octanol–water partition coefficient (Wildman–Crippen LogP) is 0.636. The van der Waals surface area contributed by atoms with Gasteiger partial charge in [-0.2, -0.15) is 0 Å². The Morgan fingerprint density at radius 1 is 1.30 bits per heavy atom. The van der Waals surface area contributed by atoms with E-state index >= 15 is 0 Å². The zero-order valence-electron chi connectivity index (χ0n) is 12.4. The summed E-state index contributed by atoms with van der Waals surface area (Å²) in [6.45, 7) is 4.86. The maximum atomic E-state index is 10.9. The maximum absolute atomic E-state index is 10.9. The molecule has 0 radical (unpaired) electrons. The topological polar surface area (TPSA) is 120 Å². The van der Waals surface area contributed by atoms with E-state index in [9.17, 15) is 13.6 Å². The van der Waals surface area contributed by atoms with Crippen LogP contribution in [-0.4, -0.2) is 38.4 Å². The Bertz CT molecular complexity index is 728. The van der Waals surface area contributed by atoms with Crippen LogP contribution in [0.2, 0.25) is 0 Å². The molecule has 0 atom stereocenters. The SMILES string of the molecule is C=Cc1ccccn1.CC(=O)Nc1ccc([As](=O)(O)O)c(O)c1. The van der Waals surface area contributed by atoms with E-state index in [2.05, 4.69) is 16.9 Å². The molecule has 0 aliphatic heterocycles. The number of anilines is 1. The van der Waals surface area contributed by atoms with Crippen molar-refractivity contribution in [3.8, 4) is 5.75 Å². The molecule has 1 heterocycles. The van der Waals surface area contributed by atoms with Crippen LogP contribution in [0.4, 0.5) is 5.69 Å². The molecule has 0 spiro atoms. The molecule has 122 valence electrons. The molecule has 0 unspecified atom stereocenters. The summed E-state index contributed by atoms with van der Waals surface area (Å²) >= 11 is -5.09. The van der Waals surface area contributed by atoms with E-state index < -0.39 is 24.3 Å². The number of aromatic nitrogens is 1. The molecule has 1 aromatic heterocycles.